The lowest BCUT2D eigenvalue weighted by molar-refractivity contribution is -0.139. The first-order chi connectivity index (χ1) is 15.1. The summed E-state index contributed by atoms with van der Waals surface area (Å²) >= 11 is 0. The van der Waals surface area contributed by atoms with Crippen molar-refractivity contribution < 1.29 is 19.6 Å². The standard InChI is InChI=1S/C27H35BO4/c1-20(11-16-25-22(3)10-7-17-27(25,4)5)8-6-9-21(2)18-26(29)32-19-23-12-14-24(15-13-23)28(30)31/h6,8-9,11-16,18,30-31H,7,10,17,19H2,1-5H3. The highest BCUT2D eigenvalue weighted by molar-refractivity contribution is 6.58. The molecule has 0 fully saturated rings. The number of hydrogen-bond acceptors (Lipinski definition) is 4. The minimum absolute atomic E-state index is 0.129. The number of carbonyl (C=O) groups excluding carboxylic acids is 1. The van der Waals surface area contributed by atoms with Crippen LogP contribution in [0.3, 0.4) is 0 Å². The van der Waals surface area contributed by atoms with Crippen LogP contribution in [0.5, 0.6) is 0 Å². The van der Waals surface area contributed by atoms with E-state index in [4.69, 9.17) is 14.8 Å². The van der Waals surface area contributed by atoms with Gasteiger partial charge in [0.25, 0.3) is 0 Å². The largest absolute Gasteiger partial charge is 0.488 e. The van der Waals surface area contributed by atoms with Crippen molar-refractivity contribution in [3.05, 3.63) is 88.6 Å². The Morgan fingerprint density at radius 2 is 1.81 bits per heavy atom. The monoisotopic (exact) mass is 434 g/mol. The Hall–Kier alpha value is -2.63. The molecule has 0 saturated heterocycles. The van der Waals surface area contributed by atoms with Crippen molar-refractivity contribution in [1.82, 2.24) is 0 Å². The summed E-state index contributed by atoms with van der Waals surface area (Å²) < 4.78 is 5.26. The average Bonchev–Trinajstić information content (AvgIpc) is 2.71. The number of benzene rings is 1. The molecule has 170 valence electrons. The molecule has 0 unspecified atom stereocenters. The zero-order chi connectivity index (χ0) is 23.7. The van der Waals surface area contributed by atoms with Gasteiger partial charge in [-0.05, 0) is 67.6 Å². The molecule has 1 aliphatic carbocycles. The van der Waals surface area contributed by atoms with E-state index in [2.05, 4.69) is 39.8 Å². The maximum atomic E-state index is 12.0. The normalized spacial score (nSPS) is 17.3. The maximum absolute atomic E-state index is 12.0. The van der Waals surface area contributed by atoms with E-state index in [0.29, 0.717) is 5.46 Å². The molecule has 1 aromatic rings. The lowest BCUT2D eigenvalue weighted by atomic mass is 9.72. The van der Waals surface area contributed by atoms with E-state index in [1.54, 1.807) is 24.3 Å². The second-order valence-electron chi connectivity index (χ2n) is 9.15. The quantitative estimate of drug-likeness (QED) is 0.263. The Morgan fingerprint density at radius 3 is 2.44 bits per heavy atom. The van der Waals surface area contributed by atoms with Crippen LogP contribution in [-0.2, 0) is 16.1 Å². The predicted molar refractivity (Wildman–Crippen MR) is 132 cm³/mol. The topological polar surface area (TPSA) is 66.8 Å². The van der Waals surface area contributed by atoms with Gasteiger partial charge < -0.3 is 14.8 Å². The summed E-state index contributed by atoms with van der Waals surface area (Å²) in [5.41, 5.74) is 6.29. The van der Waals surface area contributed by atoms with Crippen LogP contribution in [0, 0.1) is 5.41 Å². The fourth-order valence-corrected chi connectivity index (χ4v) is 3.85. The van der Waals surface area contributed by atoms with Crippen molar-refractivity contribution in [3.8, 4) is 0 Å². The van der Waals surface area contributed by atoms with Crippen LogP contribution in [0.15, 0.2) is 83.0 Å². The van der Waals surface area contributed by atoms with Crippen LogP contribution in [0.25, 0.3) is 0 Å². The fourth-order valence-electron chi connectivity index (χ4n) is 3.85. The zero-order valence-electron chi connectivity index (χ0n) is 19.9. The molecule has 5 heteroatoms. The highest BCUT2D eigenvalue weighted by Crippen LogP contribution is 2.40. The van der Waals surface area contributed by atoms with Gasteiger partial charge in [-0.1, -0.05) is 79.6 Å². The van der Waals surface area contributed by atoms with Gasteiger partial charge in [-0.25, -0.2) is 4.79 Å². The highest BCUT2D eigenvalue weighted by Gasteiger charge is 2.26. The molecule has 4 nitrogen and oxygen atoms in total. The first kappa shape index (κ1) is 25.6. The van der Waals surface area contributed by atoms with Crippen molar-refractivity contribution in [2.75, 3.05) is 0 Å². The number of allylic oxidation sites excluding steroid dienone is 9. The predicted octanol–water partition coefficient (Wildman–Crippen LogP) is 4.94. The maximum Gasteiger partial charge on any atom is 0.488 e. The van der Waals surface area contributed by atoms with Crippen molar-refractivity contribution in [2.45, 2.75) is 60.5 Å². The fraction of sp³-hybridized carbons (Fsp3) is 0.370. The van der Waals surface area contributed by atoms with Gasteiger partial charge >= 0.3 is 13.1 Å². The third-order valence-electron chi connectivity index (χ3n) is 5.78. The molecule has 0 saturated carbocycles. The molecule has 0 spiro atoms. The van der Waals surface area contributed by atoms with Gasteiger partial charge in [0.15, 0.2) is 0 Å². The summed E-state index contributed by atoms with van der Waals surface area (Å²) in [7, 11) is -1.50. The number of carbonyl (C=O) groups is 1. The molecule has 0 radical (unpaired) electrons. The molecule has 1 aliphatic rings. The molecular weight excluding hydrogens is 399 g/mol. The van der Waals surface area contributed by atoms with Gasteiger partial charge in [-0.15, -0.1) is 0 Å². The third-order valence-corrected chi connectivity index (χ3v) is 5.78. The SMILES string of the molecule is CC(C=CC1=C(C)CCCC1(C)C)=CC=CC(C)=CC(=O)OCc1ccc(B(O)O)cc1. The molecule has 0 amide bonds. The van der Waals surface area contributed by atoms with E-state index >= 15 is 0 Å². The van der Waals surface area contributed by atoms with Crippen LogP contribution < -0.4 is 5.46 Å². The average molecular weight is 434 g/mol. The Morgan fingerprint density at radius 1 is 1.12 bits per heavy atom. The Bertz CT molecular complexity index is 944. The Kier molecular flexibility index (Phi) is 9.49. The third kappa shape index (κ3) is 8.14. The molecule has 2 rings (SSSR count). The molecule has 32 heavy (non-hydrogen) atoms. The first-order valence-corrected chi connectivity index (χ1v) is 11.1. The number of rotatable bonds is 8. The molecule has 0 atom stereocenters. The van der Waals surface area contributed by atoms with E-state index in [-0.39, 0.29) is 12.0 Å². The van der Waals surface area contributed by atoms with Gasteiger partial charge in [0, 0.05) is 6.08 Å². The van der Waals surface area contributed by atoms with Crippen LogP contribution in [0.2, 0.25) is 0 Å². The van der Waals surface area contributed by atoms with Crippen LogP contribution >= 0.6 is 0 Å². The van der Waals surface area contributed by atoms with Gasteiger partial charge in [0.2, 0.25) is 0 Å². The van der Waals surface area contributed by atoms with E-state index < -0.39 is 13.1 Å². The van der Waals surface area contributed by atoms with E-state index in [1.807, 2.05) is 25.2 Å². The number of esters is 1. The minimum atomic E-state index is -1.50. The zero-order valence-corrected chi connectivity index (χ0v) is 19.9. The van der Waals surface area contributed by atoms with E-state index in [0.717, 1.165) is 16.7 Å². The highest BCUT2D eigenvalue weighted by atomic mass is 16.5. The second kappa shape index (κ2) is 11.8. The first-order valence-electron chi connectivity index (χ1n) is 11.1. The van der Waals surface area contributed by atoms with Crippen LogP contribution in [-0.4, -0.2) is 23.1 Å². The number of ether oxygens (including phenoxy) is 1. The van der Waals surface area contributed by atoms with Crippen molar-refractivity contribution in [3.63, 3.8) is 0 Å². The van der Waals surface area contributed by atoms with Crippen LogP contribution in [0.1, 0.15) is 59.4 Å². The van der Waals surface area contributed by atoms with E-state index in [1.165, 1.54) is 36.5 Å². The summed E-state index contributed by atoms with van der Waals surface area (Å²) in [5, 5.41) is 18.2. The molecule has 0 heterocycles. The lowest BCUT2D eigenvalue weighted by Gasteiger charge is -2.32. The van der Waals surface area contributed by atoms with Gasteiger partial charge in [0.1, 0.15) is 6.61 Å². The lowest BCUT2D eigenvalue weighted by Crippen LogP contribution is -2.29. The molecule has 1 aromatic carbocycles. The molecular formula is C27H35BO4. The summed E-state index contributed by atoms with van der Waals surface area (Å²) in [4.78, 5) is 12.0. The molecule has 0 bridgehead atoms. The smallest absolute Gasteiger partial charge is 0.458 e. The Balaban J connectivity index is 1.88. The second-order valence-corrected chi connectivity index (χ2v) is 9.15. The summed E-state index contributed by atoms with van der Waals surface area (Å²) in [5.74, 6) is -0.416. The summed E-state index contributed by atoms with van der Waals surface area (Å²) in [6, 6.07) is 6.58. The molecule has 2 N–H and O–H groups in total. The van der Waals surface area contributed by atoms with Gasteiger partial charge in [0.05, 0.1) is 0 Å². The van der Waals surface area contributed by atoms with Crippen LogP contribution in [0.4, 0.5) is 0 Å². The van der Waals surface area contributed by atoms with Crippen molar-refractivity contribution in [2.24, 2.45) is 5.41 Å². The molecule has 0 aromatic heterocycles. The number of hydrogen-bond donors (Lipinski definition) is 2. The van der Waals surface area contributed by atoms with Crippen molar-refractivity contribution >= 4 is 18.6 Å². The van der Waals surface area contributed by atoms with Gasteiger partial charge in [-0.2, -0.15) is 0 Å². The summed E-state index contributed by atoms with van der Waals surface area (Å²) in [6.45, 7) is 10.9. The Labute approximate surface area is 192 Å². The van der Waals surface area contributed by atoms with E-state index in [9.17, 15) is 4.79 Å². The summed E-state index contributed by atoms with van der Waals surface area (Å²) in [6.07, 6.45) is 15.4. The van der Waals surface area contributed by atoms with Crippen molar-refractivity contribution in [1.29, 1.82) is 0 Å². The molecule has 0 aliphatic heterocycles. The minimum Gasteiger partial charge on any atom is -0.458 e. The van der Waals surface area contributed by atoms with Gasteiger partial charge in [-0.3, -0.25) is 0 Å².